The highest BCUT2D eigenvalue weighted by atomic mass is 19.4. The third-order valence-electron chi connectivity index (χ3n) is 2.87. The predicted octanol–water partition coefficient (Wildman–Crippen LogP) is 5.18. The molecule has 0 aliphatic rings. The van der Waals surface area contributed by atoms with E-state index < -0.39 is 6.36 Å². The van der Waals surface area contributed by atoms with Crippen molar-refractivity contribution in [3.05, 3.63) is 29.3 Å². The molecular weight excluding hydrogens is 253 g/mol. The predicted molar refractivity (Wildman–Crippen MR) is 70.5 cm³/mol. The lowest BCUT2D eigenvalue weighted by Gasteiger charge is -2.26. The van der Waals surface area contributed by atoms with E-state index in [1.165, 1.54) is 12.1 Å². The summed E-state index contributed by atoms with van der Waals surface area (Å²) in [5, 5.41) is 0. The Morgan fingerprint density at radius 1 is 0.737 bits per heavy atom. The monoisotopic (exact) mass is 274 g/mol. The van der Waals surface area contributed by atoms with E-state index in [9.17, 15) is 13.2 Å². The molecule has 0 radical (unpaired) electrons. The van der Waals surface area contributed by atoms with Crippen molar-refractivity contribution in [2.75, 3.05) is 0 Å². The molecule has 1 aromatic rings. The number of benzene rings is 1. The van der Waals surface area contributed by atoms with Gasteiger partial charge in [-0.2, -0.15) is 0 Å². The lowest BCUT2D eigenvalue weighted by atomic mass is 9.80. The molecule has 0 saturated heterocycles. The van der Waals surface area contributed by atoms with Crippen LogP contribution in [0, 0.1) is 0 Å². The zero-order valence-electron chi connectivity index (χ0n) is 12.3. The second-order valence-electron chi connectivity index (χ2n) is 6.79. The van der Waals surface area contributed by atoms with Crippen molar-refractivity contribution in [1.29, 1.82) is 0 Å². The highest BCUT2D eigenvalue weighted by Gasteiger charge is 2.32. The molecule has 4 heteroatoms. The van der Waals surface area contributed by atoms with Crippen molar-refractivity contribution in [3.63, 3.8) is 0 Å². The standard InChI is InChI=1S/C15H21F3O/c1-13(2,3)10-7-11(14(4,5)6)9-12(8-10)19-15(16,17)18/h7-9H,1-6H3. The molecule has 0 aliphatic heterocycles. The first kappa shape index (κ1) is 15.9. The van der Waals surface area contributed by atoms with Crippen LogP contribution in [0.2, 0.25) is 0 Å². The molecule has 0 aromatic heterocycles. The first-order valence-corrected chi connectivity index (χ1v) is 6.21. The second kappa shape index (κ2) is 4.73. The van der Waals surface area contributed by atoms with Crippen LogP contribution in [0.3, 0.4) is 0 Å². The zero-order valence-corrected chi connectivity index (χ0v) is 12.3. The molecule has 0 saturated carbocycles. The quantitative estimate of drug-likeness (QED) is 0.685. The Morgan fingerprint density at radius 2 is 1.11 bits per heavy atom. The maximum absolute atomic E-state index is 12.4. The summed E-state index contributed by atoms with van der Waals surface area (Å²) in [4.78, 5) is 0. The molecule has 0 bridgehead atoms. The highest BCUT2D eigenvalue weighted by Crippen LogP contribution is 2.34. The van der Waals surface area contributed by atoms with E-state index in [-0.39, 0.29) is 16.6 Å². The fraction of sp³-hybridized carbons (Fsp3) is 0.600. The van der Waals surface area contributed by atoms with Crippen LogP contribution in [0.5, 0.6) is 5.75 Å². The molecule has 0 heterocycles. The van der Waals surface area contributed by atoms with Crippen molar-refractivity contribution in [3.8, 4) is 5.75 Å². The smallest absolute Gasteiger partial charge is 0.406 e. The molecule has 0 atom stereocenters. The third-order valence-corrected chi connectivity index (χ3v) is 2.87. The zero-order chi connectivity index (χ0) is 15.1. The van der Waals surface area contributed by atoms with E-state index in [0.717, 1.165) is 11.1 Å². The molecular formula is C15H21F3O. The Hall–Kier alpha value is -1.19. The van der Waals surface area contributed by atoms with Gasteiger partial charge in [0.15, 0.2) is 0 Å². The van der Waals surface area contributed by atoms with E-state index in [0.29, 0.717) is 0 Å². The van der Waals surface area contributed by atoms with Gasteiger partial charge in [0.25, 0.3) is 0 Å². The molecule has 1 nitrogen and oxygen atoms in total. The van der Waals surface area contributed by atoms with Crippen LogP contribution in [0.25, 0.3) is 0 Å². The normalized spacial score (nSPS) is 13.5. The average Bonchev–Trinajstić information content (AvgIpc) is 2.11. The van der Waals surface area contributed by atoms with Crippen LogP contribution in [-0.4, -0.2) is 6.36 Å². The molecule has 0 amide bonds. The fourth-order valence-electron chi connectivity index (χ4n) is 1.66. The molecule has 0 spiro atoms. The van der Waals surface area contributed by atoms with Crippen molar-refractivity contribution >= 4 is 0 Å². The summed E-state index contributed by atoms with van der Waals surface area (Å²) in [5.74, 6) is -0.148. The molecule has 19 heavy (non-hydrogen) atoms. The van der Waals surface area contributed by atoms with Gasteiger partial charge < -0.3 is 4.74 Å². The van der Waals surface area contributed by atoms with Gasteiger partial charge in [0, 0.05) is 0 Å². The van der Waals surface area contributed by atoms with Crippen molar-refractivity contribution in [1.82, 2.24) is 0 Å². The van der Waals surface area contributed by atoms with Crippen LogP contribution in [0.1, 0.15) is 52.7 Å². The summed E-state index contributed by atoms with van der Waals surface area (Å²) in [5.41, 5.74) is 1.20. The summed E-state index contributed by atoms with van der Waals surface area (Å²) in [7, 11) is 0. The Balaban J connectivity index is 3.33. The molecule has 1 aromatic carbocycles. The SMILES string of the molecule is CC(C)(C)c1cc(OC(F)(F)F)cc(C(C)(C)C)c1. The van der Waals surface area contributed by atoms with E-state index in [2.05, 4.69) is 4.74 Å². The number of hydrogen-bond donors (Lipinski definition) is 0. The van der Waals surface area contributed by atoms with Crippen LogP contribution in [0.4, 0.5) is 13.2 Å². The topological polar surface area (TPSA) is 9.23 Å². The van der Waals surface area contributed by atoms with E-state index >= 15 is 0 Å². The van der Waals surface area contributed by atoms with Gasteiger partial charge in [0.1, 0.15) is 5.75 Å². The average molecular weight is 274 g/mol. The molecule has 0 fully saturated rings. The van der Waals surface area contributed by atoms with E-state index in [1.54, 1.807) is 0 Å². The van der Waals surface area contributed by atoms with Gasteiger partial charge in [-0.15, -0.1) is 13.2 Å². The number of rotatable bonds is 1. The Labute approximate surface area is 112 Å². The lowest BCUT2D eigenvalue weighted by molar-refractivity contribution is -0.274. The van der Waals surface area contributed by atoms with Crippen LogP contribution >= 0.6 is 0 Å². The summed E-state index contributed by atoms with van der Waals surface area (Å²) in [6.07, 6.45) is -4.66. The van der Waals surface area contributed by atoms with Gasteiger partial charge in [-0.1, -0.05) is 47.6 Å². The fourth-order valence-corrected chi connectivity index (χ4v) is 1.66. The minimum absolute atomic E-state index is 0.148. The maximum Gasteiger partial charge on any atom is 0.573 e. The summed E-state index contributed by atoms with van der Waals surface area (Å²) >= 11 is 0. The van der Waals surface area contributed by atoms with Crippen LogP contribution < -0.4 is 4.74 Å². The number of alkyl halides is 3. The van der Waals surface area contributed by atoms with Gasteiger partial charge in [0.2, 0.25) is 0 Å². The van der Waals surface area contributed by atoms with Gasteiger partial charge in [-0.25, -0.2) is 0 Å². The summed E-state index contributed by atoms with van der Waals surface area (Å²) in [6, 6.07) is 4.87. The van der Waals surface area contributed by atoms with E-state index in [4.69, 9.17) is 0 Å². The second-order valence-corrected chi connectivity index (χ2v) is 6.79. The van der Waals surface area contributed by atoms with Gasteiger partial charge >= 0.3 is 6.36 Å². The molecule has 0 unspecified atom stereocenters. The number of ether oxygens (including phenoxy) is 1. The maximum atomic E-state index is 12.4. The number of halogens is 3. The van der Waals surface area contributed by atoms with Gasteiger partial charge in [-0.3, -0.25) is 0 Å². The van der Waals surface area contributed by atoms with Crippen LogP contribution in [0.15, 0.2) is 18.2 Å². The molecule has 1 rings (SSSR count). The Bertz CT molecular complexity index is 416. The van der Waals surface area contributed by atoms with Gasteiger partial charge in [-0.05, 0) is 34.1 Å². The first-order chi connectivity index (χ1) is 8.29. The number of hydrogen-bond acceptors (Lipinski definition) is 1. The van der Waals surface area contributed by atoms with E-state index in [1.807, 2.05) is 47.6 Å². The molecule has 0 aliphatic carbocycles. The summed E-state index contributed by atoms with van der Waals surface area (Å²) < 4.78 is 41.2. The lowest BCUT2D eigenvalue weighted by Crippen LogP contribution is -2.20. The summed E-state index contributed by atoms with van der Waals surface area (Å²) in [6.45, 7) is 11.8. The highest BCUT2D eigenvalue weighted by molar-refractivity contribution is 5.40. The minimum atomic E-state index is -4.66. The molecule has 108 valence electrons. The Morgan fingerprint density at radius 3 is 1.37 bits per heavy atom. The van der Waals surface area contributed by atoms with Crippen molar-refractivity contribution < 1.29 is 17.9 Å². The van der Waals surface area contributed by atoms with Crippen LogP contribution in [-0.2, 0) is 10.8 Å². The van der Waals surface area contributed by atoms with Crippen molar-refractivity contribution in [2.45, 2.75) is 58.7 Å². The first-order valence-electron chi connectivity index (χ1n) is 6.21. The largest absolute Gasteiger partial charge is 0.573 e. The van der Waals surface area contributed by atoms with Crippen molar-refractivity contribution in [2.24, 2.45) is 0 Å². The van der Waals surface area contributed by atoms with Gasteiger partial charge in [0.05, 0.1) is 0 Å². The Kier molecular flexibility index (Phi) is 3.95. The third kappa shape index (κ3) is 4.77. The molecule has 0 N–H and O–H groups in total. The minimum Gasteiger partial charge on any atom is -0.406 e.